The van der Waals surface area contributed by atoms with Crippen molar-refractivity contribution in [2.75, 3.05) is 7.11 Å². The Morgan fingerprint density at radius 2 is 1.71 bits per heavy atom. The number of carbonyl (C=O) groups is 1. The van der Waals surface area contributed by atoms with Gasteiger partial charge >= 0.3 is 0 Å². The zero-order valence-electron chi connectivity index (χ0n) is 19.5. The molecule has 0 bridgehead atoms. The summed E-state index contributed by atoms with van der Waals surface area (Å²) in [7, 11) is 1.62. The van der Waals surface area contributed by atoms with Crippen molar-refractivity contribution >= 4 is 22.9 Å². The van der Waals surface area contributed by atoms with Gasteiger partial charge < -0.3 is 4.74 Å². The van der Waals surface area contributed by atoms with Crippen molar-refractivity contribution in [1.29, 1.82) is 0 Å². The summed E-state index contributed by atoms with van der Waals surface area (Å²) in [6.45, 7) is 2.03. The molecule has 0 spiro atoms. The van der Waals surface area contributed by atoms with E-state index in [4.69, 9.17) is 4.74 Å². The number of hydrazone groups is 1. The molecule has 0 aliphatic carbocycles. The quantitative estimate of drug-likeness (QED) is 0.258. The molecule has 0 saturated heterocycles. The smallest absolute Gasteiger partial charge is 0.291 e. The average molecular weight is 461 g/mol. The van der Waals surface area contributed by atoms with E-state index in [9.17, 15) is 4.79 Å². The maximum absolute atomic E-state index is 13.0. The van der Waals surface area contributed by atoms with Gasteiger partial charge in [-0.2, -0.15) is 10.2 Å². The second-order valence-electron chi connectivity index (χ2n) is 8.16. The van der Waals surface area contributed by atoms with Gasteiger partial charge in [0.05, 0.1) is 24.7 Å². The number of nitrogens with one attached hydrogen (secondary N) is 1. The lowest BCUT2D eigenvalue weighted by Crippen LogP contribution is -2.18. The van der Waals surface area contributed by atoms with Gasteiger partial charge in [-0.15, -0.1) is 0 Å². The van der Waals surface area contributed by atoms with Crippen molar-refractivity contribution < 1.29 is 9.53 Å². The first kappa shape index (κ1) is 22.1. The maximum atomic E-state index is 13.0. The Hall–Kier alpha value is -4.71. The second kappa shape index (κ2) is 9.65. The van der Waals surface area contributed by atoms with Crippen LogP contribution in [0.2, 0.25) is 0 Å². The summed E-state index contributed by atoms with van der Waals surface area (Å²) < 4.78 is 6.98. The Labute approximate surface area is 203 Å². The van der Waals surface area contributed by atoms with Gasteiger partial charge in [-0.05, 0) is 71.3 Å². The summed E-state index contributed by atoms with van der Waals surface area (Å²) in [5.41, 5.74) is 7.53. The Morgan fingerprint density at radius 1 is 0.943 bits per heavy atom. The molecule has 6 nitrogen and oxygen atoms in total. The van der Waals surface area contributed by atoms with Crippen LogP contribution in [0.25, 0.3) is 27.7 Å². The number of aromatic nitrogens is 2. The predicted octanol–water partition coefficient (Wildman–Crippen LogP) is 5.77. The number of aryl methyl sites for hydroxylation is 1. The molecule has 1 amide bonds. The number of hydrogen-bond acceptors (Lipinski definition) is 4. The van der Waals surface area contributed by atoms with E-state index in [-0.39, 0.29) is 11.6 Å². The molecule has 4 aromatic carbocycles. The van der Waals surface area contributed by atoms with Crippen LogP contribution in [0.15, 0.2) is 102 Å². The Kier molecular flexibility index (Phi) is 6.09. The number of benzene rings is 4. The van der Waals surface area contributed by atoms with Crippen LogP contribution >= 0.6 is 0 Å². The standard InChI is InChI=1S/C29H24N4O2/c1-20-7-5-10-23(17-20)33-28(26-12-6-9-22-8-3-4-11-25(22)26)18-27(32-33)29(34)31-30-19-21-13-15-24(35-2)16-14-21/h3-19H,1-2H3,(H,31,34)/b30-19-. The van der Waals surface area contributed by atoms with Crippen LogP contribution in [0.1, 0.15) is 21.6 Å². The Balaban J connectivity index is 1.51. The van der Waals surface area contributed by atoms with Gasteiger partial charge in [0.25, 0.3) is 5.91 Å². The van der Waals surface area contributed by atoms with Gasteiger partial charge in [0.1, 0.15) is 5.75 Å². The molecule has 5 aromatic rings. The zero-order valence-corrected chi connectivity index (χ0v) is 19.5. The van der Waals surface area contributed by atoms with Crippen molar-refractivity contribution in [2.24, 2.45) is 5.10 Å². The van der Waals surface area contributed by atoms with Crippen molar-refractivity contribution in [3.05, 3.63) is 114 Å². The third-order valence-corrected chi connectivity index (χ3v) is 5.75. The number of carbonyl (C=O) groups excluding carboxylic acids is 1. The van der Waals surface area contributed by atoms with E-state index in [0.717, 1.165) is 44.6 Å². The van der Waals surface area contributed by atoms with E-state index in [2.05, 4.69) is 39.9 Å². The predicted molar refractivity (Wildman–Crippen MR) is 139 cm³/mol. The molecule has 1 N–H and O–H groups in total. The van der Waals surface area contributed by atoms with Gasteiger partial charge in [-0.1, -0.05) is 54.6 Å². The van der Waals surface area contributed by atoms with Crippen LogP contribution in [0.3, 0.4) is 0 Å². The Bertz CT molecular complexity index is 1530. The summed E-state index contributed by atoms with van der Waals surface area (Å²) in [5.74, 6) is 0.372. The van der Waals surface area contributed by atoms with E-state index in [1.807, 2.05) is 84.4 Å². The molecule has 1 heterocycles. The molecule has 35 heavy (non-hydrogen) atoms. The van der Waals surface area contributed by atoms with E-state index in [1.54, 1.807) is 13.3 Å². The van der Waals surface area contributed by atoms with Crippen LogP contribution in [0.4, 0.5) is 0 Å². The van der Waals surface area contributed by atoms with Gasteiger partial charge in [0.2, 0.25) is 0 Å². The lowest BCUT2D eigenvalue weighted by Gasteiger charge is -2.10. The summed E-state index contributed by atoms with van der Waals surface area (Å²) in [4.78, 5) is 13.0. The molecule has 5 rings (SSSR count). The highest BCUT2D eigenvalue weighted by Crippen LogP contribution is 2.31. The summed E-state index contributed by atoms with van der Waals surface area (Å²) in [6.07, 6.45) is 1.58. The van der Waals surface area contributed by atoms with Crippen LogP contribution in [0.5, 0.6) is 5.75 Å². The van der Waals surface area contributed by atoms with E-state index in [0.29, 0.717) is 0 Å². The fraction of sp³-hybridized carbons (Fsp3) is 0.0690. The fourth-order valence-electron chi connectivity index (χ4n) is 4.00. The van der Waals surface area contributed by atoms with E-state index < -0.39 is 0 Å². The third-order valence-electron chi connectivity index (χ3n) is 5.75. The average Bonchev–Trinajstić information content (AvgIpc) is 3.34. The van der Waals surface area contributed by atoms with Gasteiger partial charge in [-0.3, -0.25) is 4.79 Å². The van der Waals surface area contributed by atoms with E-state index in [1.165, 1.54) is 0 Å². The molecule has 0 aliphatic rings. The first-order valence-corrected chi connectivity index (χ1v) is 11.2. The van der Waals surface area contributed by atoms with Crippen LogP contribution in [0, 0.1) is 6.92 Å². The SMILES string of the molecule is COc1ccc(/C=N\NC(=O)c2cc(-c3cccc4ccccc34)n(-c3cccc(C)c3)n2)cc1. The molecule has 6 heteroatoms. The van der Waals surface area contributed by atoms with E-state index >= 15 is 0 Å². The Morgan fingerprint density at radius 3 is 2.51 bits per heavy atom. The number of amides is 1. The molecule has 0 saturated carbocycles. The van der Waals surface area contributed by atoms with Crippen molar-refractivity contribution in [3.8, 4) is 22.7 Å². The largest absolute Gasteiger partial charge is 0.497 e. The molecule has 0 atom stereocenters. The fourth-order valence-corrected chi connectivity index (χ4v) is 4.00. The van der Waals surface area contributed by atoms with Crippen LogP contribution < -0.4 is 10.2 Å². The van der Waals surface area contributed by atoms with Gasteiger partial charge in [0, 0.05) is 5.56 Å². The number of rotatable bonds is 6. The van der Waals surface area contributed by atoms with Gasteiger partial charge in [-0.25, -0.2) is 10.1 Å². The third kappa shape index (κ3) is 4.68. The molecule has 0 unspecified atom stereocenters. The molecule has 0 aliphatic heterocycles. The second-order valence-corrected chi connectivity index (χ2v) is 8.16. The highest BCUT2D eigenvalue weighted by atomic mass is 16.5. The van der Waals surface area contributed by atoms with Crippen molar-refractivity contribution in [2.45, 2.75) is 6.92 Å². The highest BCUT2D eigenvalue weighted by Gasteiger charge is 2.18. The zero-order chi connectivity index (χ0) is 24.2. The summed E-state index contributed by atoms with van der Waals surface area (Å²) >= 11 is 0. The number of nitrogens with zero attached hydrogens (tertiary/aromatic N) is 3. The molecule has 1 aromatic heterocycles. The lowest BCUT2D eigenvalue weighted by atomic mass is 10.0. The number of fused-ring (bicyclic) bond motifs is 1. The summed E-state index contributed by atoms with van der Waals surface area (Å²) in [6, 6.07) is 31.6. The molecule has 0 fully saturated rings. The topological polar surface area (TPSA) is 68.5 Å². The molecule has 172 valence electrons. The van der Waals surface area contributed by atoms with Gasteiger partial charge in [0.15, 0.2) is 5.69 Å². The minimum absolute atomic E-state index is 0.279. The molecular formula is C29H24N4O2. The number of methoxy groups -OCH3 is 1. The molecule has 0 radical (unpaired) electrons. The summed E-state index contributed by atoms with van der Waals surface area (Å²) in [5, 5.41) is 11.0. The first-order chi connectivity index (χ1) is 17.1. The van der Waals surface area contributed by atoms with Crippen molar-refractivity contribution in [3.63, 3.8) is 0 Å². The lowest BCUT2D eigenvalue weighted by molar-refractivity contribution is 0.0949. The van der Waals surface area contributed by atoms with Crippen LogP contribution in [-0.2, 0) is 0 Å². The highest BCUT2D eigenvalue weighted by molar-refractivity contribution is 5.99. The normalized spacial score (nSPS) is 11.1. The maximum Gasteiger partial charge on any atom is 0.291 e. The minimum Gasteiger partial charge on any atom is -0.497 e. The minimum atomic E-state index is -0.386. The monoisotopic (exact) mass is 460 g/mol. The number of hydrogen-bond donors (Lipinski definition) is 1. The van der Waals surface area contributed by atoms with Crippen molar-refractivity contribution in [1.82, 2.24) is 15.2 Å². The molecular weight excluding hydrogens is 436 g/mol. The first-order valence-electron chi connectivity index (χ1n) is 11.2. The van der Waals surface area contributed by atoms with Crippen LogP contribution in [-0.4, -0.2) is 29.0 Å². The number of ether oxygens (including phenoxy) is 1.